The van der Waals surface area contributed by atoms with E-state index in [4.69, 9.17) is 9.15 Å². The van der Waals surface area contributed by atoms with Crippen molar-refractivity contribution in [2.24, 2.45) is 4.99 Å². The Labute approximate surface area is 173 Å². The van der Waals surface area contributed by atoms with Crippen molar-refractivity contribution in [3.05, 3.63) is 91.8 Å². The standard InChI is InChI=1S/C21H13BrN2O5/c1-12-9-14(5-7-17(12)22)20-23-18(21(25)29-20)11-16-6-8-19(28-16)13-3-2-4-15(10-13)24(26)27/h2-11H,1H3. The zero-order valence-corrected chi connectivity index (χ0v) is 16.7. The van der Waals surface area contributed by atoms with Crippen LogP contribution in [0.4, 0.5) is 5.69 Å². The third-order valence-corrected chi connectivity index (χ3v) is 5.16. The van der Waals surface area contributed by atoms with Gasteiger partial charge in [0.25, 0.3) is 5.69 Å². The summed E-state index contributed by atoms with van der Waals surface area (Å²) in [6.07, 6.45) is 1.47. The average molecular weight is 453 g/mol. The fourth-order valence-electron chi connectivity index (χ4n) is 2.80. The van der Waals surface area contributed by atoms with Gasteiger partial charge in [-0.05, 0) is 42.8 Å². The zero-order chi connectivity index (χ0) is 20.5. The number of ether oxygens (including phenoxy) is 1. The molecule has 0 saturated carbocycles. The Balaban J connectivity index is 1.62. The number of non-ortho nitro benzene ring substituents is 1. The molecule has 3 aromatic rings. The summed E-state index contributed by atoms with van der Waals surface area (Å²) < 4.78 is 11.9. The molecule has 0 aliphatic carbocycles. The van der Waals surface area contributed by atoms with E-state index in [2.05, 4.69) is 20.9 Å². The van der Waals surface area contributed by atoms with E-state index < -0.39 is 10.9 Å². The van der Waals surface area contributed by atoms with Crippen LogP contribution in [-0.4, -0.2) is 16.8 Å². The van der Waals surface area contributed by atoms with Crippen molar-refractivity contribution >= 4 is 39.6 Å². The summed E-state index contributed by atoms with van der Waals surface area (Å²) in [6.45, 7) is 1.93. The van der Waals surface area contributed by atoms with Crippen LogP contribution in [0.15, 0.2) is 74.2 Å². The van der Waals surface area contributed by atoms with E-state index >= 15 is 0 Å². The van der Waals surface area contributed by atoms with E-state index in [0.717, 1.165) is 10.0 Å². The molecule has 2 heterocycles. The van der Waals surface area contributed by atoms with Gasteiger partial charge in [-0.15, -0.1) is 0 Å². The molecule has 0 saturated heterocycles. The summed E-state index contributed by atoms with van der Waals surface area (Å²) in [5.41, 5.74) is 2.33. The maximum Gasteiger partial charge on any atom is 0.363 e. The number of rotatable bonds is 4. The number of hydrogen-bond donors (Lipinski definition) is 0. The molecule has 0 bridgehead atoms. The number of aliphatic imine (C=N–C) groups is 1. The number of benzene rings is 2. The maximum absolute atomic E-state index is 12.2. The van der Waals surface area contributed by atoms with Gasteiger partial charge in [0.2, 0.25) is 5.90 Å². The summed E-state index contributed by atoms with van der Waals surface area (Å²) in [7, 11) is 0. The molecule has 2 aromatic carbocycles. The molecule has 8 heteroatoms. The van der Waals surface area contributed by atoms with Gasteiger partial charge in [0.1, 0.15) is 11.5 Å². The van der Waals surface area contributed by atoms with E-state index in [0.29, 0.717) is 22.6 Å². The molecule has 29 heavy (non-hydrogen) atoms. The summed E-state index contributed by atoms with van der Waals surface area (Å²) in [5, 5.41) is 10.9. The number of aryl methyl sites for hydroxylation is 1. The van der Waals surface area contributed by atoms with Crippen molar-refractivity contribution in [3.8, 4) is 11.3 Å². The number of furan rings is 1. The van der Waals surface area contributed by atoms with Crippen LogP contribution in [0, 0.1) is 17.0 Å². The number of nitro benzene ring substituents is 1. The zero-order valence-electron chi connectivity index (χ0n) is 15.1. The molecule has 0 radical (unpaired) electrons. The fraction of sp³-hybridized carbons (Fsp3) is 0.0476. The molecule has 1 aliphatic heterocycles. The van der Waals surface area contributed by atoms with Crippen LogP contribution in [0.3, 0.4) is 0 Å². The van der Waals surface area contributed by atoms with Gasteiger partial charge in [-0.2, -0.15) is 0 Å². The van der Waals surface area contributed by atoms with Gasteiger partial charge in [-0.1, -0.05) is 28.1 Å². The fourth-order valence-corrected chi connectivity index (χ4v) is 3.05. The molecule has 144 valence electrons. The topological polar surface area (TPSA) is 94.9 Å². The Morgan fingerprint density at radius 2 is 1.93 bits per heavy atom. The van der Waals surface area contributed by atoms with Crippen LogP contribution in [0.1, 0.15) is 16.9 Å². The van der Waals surface area contributed by atoms with Crippen molar-refractivity contribution in [2.45, 2.75) is 6.92 Å². The number of nitro groups is 1. The largest absolute Gasteiger partial charge is 0.457 e. The quantitative estimate of drug-likeness (QED) is 0.232. The van der Waals surface area contributed by atoms with Crippen LogP contribution in [0.25, 0.3) is 17.4 Å². The van der Waals surface area contributed by atoms with E-state index in [9.17, 15) is 14.9 Å². The molecule has 0 unspecified atom stereocenters. The second kappa shape index (κ2) is 7.48. The molecular weight excluding hydrogens is 440 g/mol. The lowest BCUT2D eigenvalue weighted by atomic mass is 10.1. The Kier molecular flexibility index (Phi) is 4.85. The highest BCUT2D eigenvalue weighted by molar-refractivity contribution is 9.10. The normalized spacial score (nSPS) is 14.8. The van der Waals surface area contributed by atoms with Crippen LogP contribution in [0.2, 0.25) is 0 Å². The molecule has 1 aliphatic rings. The van der Waals surface area contributed by atoms with Gasteiger partial charge in [0.05, 0.1) is 4.92 Å². The molecule has 0 amide bonds. The smallest absolute Gasteiger partial charge is 0.363 e. The summed E-state index contributed by atoms with van der Waals surface area (Å²) in [5.74, 6) is 0.478. The van der Waals surface area contributed by atoms with Crippen LogP contribution in [-0.2, 0) is 9.53 Å². The highest BCUT2D eigenvalue weighted by atomic mass is 79.9. The van der Waals surface area contributed by atoms with Gasteiger partial charge in [-0.25, -0.2) is 9.79 Å². The van der Waals surface area contributed by atoms with Crippen molar-refractivity contribution in [1.82, 2.24) is 0 Å². The monoisotopic (exact) mass is 452 g/mol. The summed E-state index contributed by atoms with van der Waals surface area (Å²) >= 11 is 3.43. The second-order valence-electron chi connectivity index (χ2n) is 6.31. The summed E-state index contributed by atoms with van der Waals surface area (Å²) in [6, 6.07) is 15.0. The van der Waals surface area contributed by atoms with Gasteiger partial charge in [0, 0.05) is 33.8 Å². The predicted molar refractivity (Wildman–Crippen MR) is 110 cm³/mol. The number of halogens is 1. The van der Waals surface area contributed by atoms with Crippen LogP contribution in [0.5, 0.6) is 0 Å². The molecule has 0 N–H and O–H groups in total. The lowest BCUT2D eigenvalue weighted by Gasteiger charge is -2.02. The molecule has 4 rings (SSSR count). The maximum atomic E-state index is 12.2. The lowest BCUT2D eigenvalue weighted by Crippen LogP contribution is -2.05. The molecule has 0 spiro atoms. The SMILES string of the molecule is Cc1cc(C2=NC(=Cc3ccc(-c4cccc([N+](=O)[O-])c4)o3)C(=O)O2)ccc1Br. The molecule has 7 nitrogen and oxygen atoms in total. The predicted octanol–water partition coefficient (Wildman–Crippen LogP) is 5.27. The lowest BCUT2D eigenvalue weighted by molar-refractivity contribution is -0.384. The van der Waals surface area contributed by atoms with Crippen molar-refractivity contribution in [2.75, 3.05) is 0 Å². The first-order chi connectivity index (χ1) is 13.9. The number of cyclic esters (lactones) is 1. The van der Waals surface area contributed by atoms with Crippen molar-refractivity contribution in [1.29, 1.82) is 0 Å². The number of carbonyl (C=O) groups excluding carboxylic acids is 1. The number of hydrogen-bond acceptors (Lipinski definition) is 6. The minimum Gasteiger partial charge on any atom is -0.457 e. The Morgan fingerprint density at radius 3 is 2.69 bits per heavy atom. The van der Waals surface area contributed by atoms with Crippen molar-refractivity contribution in [3.63, 3.8) is 0 Å². The Hall–Kier alpha value is -3.52. The van der Waals surface area contributed by atoms with Crippen LogP contribution >= 0.6 is 15.9 Å². The van der Waals surface area contributed by atoms with E-state index in [1.807, 2.05) is 19.1 Å². The third kappa shape index (κ3) is 3.88. The minimum atomic E-state index is -0.575. The van der Waals surface area contributed by atoms with E-state index in [1.54, 1.807) is 30.3 Å². The van der Waals surface area contributed by atoms with E-state index in [1.165, 1.54) is 18.2 Å². The van der Waals surface area contributed by atoms with Crippen molar-refractivity contribution < 1.29 is 18.9 Å². The molecule has 0 atom stereocenters. The van der Waals surface area contributed by atoms with Gasteiger partial charge in [0.15, 0.2) is 5.70 Å². The van der Waals surface area contributed by atoms with E-state index in [-0.39, 0.29) is 17.3 Å². The first-order valence-electron chi connectivity index (χ1n) is 8.54. The van der Waals surface area contributed by atoms with Gasteiger partial charge >= 0.3 is 5.97 Å². The van der Waals surface area contributed by atoms with Crippen LogP contribution < -0.4 is 0 Å². The highest BCUT2D eigenvalue weighted by Gasteiger charge is 2.25. The summed E-state index contributed by atoms with van der Waals surface area (Å²) in [4.78, 5) is 26.9. The average Bonchev–Trinajstić information content (AvgIpc) is 3.31. The van der Waals surface area contributed by atoms with Gasteiger partial charge < -0.3 is 9.15 Å². The second-order valence-corrected chi connectivity index (χ2v) is 7.16. The first-order valence-corrected chi connectivity index (χ1v) is 9.34. The third-order valence-electron chi connectivity index (χ3n) is 4.27. The minimum absolute atomic E-state index is 0.0304. The molecule has 0 fully saturated rings. The molecule has 1 aromatic heterocycles. The number of carbonyl (C=O) groups is 1. The number of esters is 1. The number of nitrogens with zero attached hydrogens (tertiary/aromatic N) is 2. The van der Waals surface area contributed by atoms with Gasteiger partial charge in [-0.3, -0.25) is 10.1 Å². The first kappa shape index (κ1) is 18.8. The Morgan fingerprint density at radius 1 is 1.10 bits per heavy atom. The molecular formula is C21H13BrN2O5. The highest BCUT2D eigenvalue weighted by Crippen LogP contribution is 2.28. The Bertz CT molecular complexity index is 1210.